The van der Waals surface area contributed by atoms with Crippen molar-refractivity contribution in [3.8, 4) is 0 Å². The third-order valence-electron chi connectivity index (χ3n) is 2.53. The van der Waals surface area contributed by atoms with Crippen LogP contribution in [0, 0.1) is 5.41 Å². The second-order valence-electron chi connectivity index (χ2n) is 4.84. The highest BCUT2D eigenvalue weighted by atomic mass is 35.6. The zero-order valence-electron chi connectivity index (χ0n) is 11.1. The van der Waals surface area contributed by atoms with Gasteiger partial charge in [0.1, 0.15) is 6.61 Å². The molecule has 0 radical (unpaired) electrons. The standard InChI is InChI=1S/C12H18Cl3NO3/c1-8(4-5-17-10(16)12(13,14)15)6-9-7-18-11(2,3)19-9/h4,9,16H,5-7H2,1-3H3/b8-4+,16-10?/t9-/m0/s1. The second kappa shape index (κ2) is 6.64. The van der Waals surface area contributed by atoms with E-state index < -0.39 is 9.58 Å². The lowest BCUT2D eigenvalue weighted by Crippen LogP contribution is -2.22. The van der Waals surface area contributed by atoms with Gasteiger partial charge in [0.15, 0.2) is 5.79 Å². The Morgan fingerprint density at radius 1 is 1.47 bits per heavy atom. The maximum Gasteiger partial charge on any atom is 0.265 e. The molecule has 1 aliphatic heterocycles. The van der Waals surface area contributed by atoms with Gasteiger partial charge in [-0.05, 0) is 33.3 Å². The average molecular weight is 331 g/mol. The van der Waals surface area contributed by atoms with Gasteiger partial charge in [-0.15, -0.1) is 0 Å². The topological polar surface area (TPSA) is 51.5 Å². The lowest BCUT2D eigenvalue weighted by molar-refractivity contribution is -0.138. The Morgan fingerprint density at radius 3 is 2.58 bits per heavy atom. The van der Waals surface area contributed by atoms with Crippen molar-refractivity contribution in [2.75, 3.05) is 13.2 Å². The van der Waals surface area contributed by atoms with Gasteiger partial charge in [-0.25, -0.2) is 0 Å². The lowest BCUT2D eigenvalue weighted by atomic mass is 10.1. The Morgan fingerprint density at radius 2 is 2.11 bits per heavy atom. The quantitative estimate of drug-likeness (QED) is 0.369. The highest BCUT2D eigenvalue weighted by molar-refractivity contribution is 6.76. The zero-order valence-corrected chi connectivity index (χ0v) is 13.4. The van der Waals surface area contributed by atoms with Crippen molar-refractivity contribution in [3.05, 3.63) is 11.6 Å². The van der Waals surface area contributed by atoms with Crippen molar-refractivity contribution in [2.45, 2.75) is 42.9 Å². The van der Waals surface area contributed by atoms with Crippen molar-refractivity contribution in [1.29, 1.82) is 5.41 Å². The van der Waals surface area contributed by atoms with Crippen molar-refractivity contribution in [3.63, 3.8) is 0 Å². The van der Waals surface area contributed by atoms with E-state index in [0.29, 0.717) is 6.61 Å². The van der Waals surface area contributed by atoms with Crippen molar-refractivity contribution in [2.24, 2.45) is 0 Å². The number of rotatable bonds is 4. The summed E-state index contributed by atoms with van der Waals surface area (Å²) in [6.45, 7) is 6.49. The normalized spacial score (nSPS) is 23.5. The molecule has 1 heterocycles. The first-order valence-electron chi connectivity index (χ1n) is 5.86. The molecule has 1 aliphatic rings. The molecule has 1 rings (SSSR count). The number of ether oxygens (including phenoxy) is 3. The summed E-state index contributed by atoms with van der Waals surface area (Å²) in [5, 5.41) is 7.37. The van der Waals surface area contributed by atoms with E-state index in [1.807, 2.05) is 26.8 Å². The minimum absolute atomic E-state index is 0.0406. The molecule has 0 aromatic rings. The first-order chi connectivity index (χ1) is 8.60. The first kappa shape index (κ1) is 17.1. The molecule has 4 nitrogen and oxygen atoms in total. The van der Waals surface area contributed by atoms with Crippen LogP contribution in [-0.2, 0) is 14.2 Å². The van der Waals surface area contributed by atoms with Gasteiger partial charge in [0, 0.05) is 0 Å². The minimum atomic E-state index is -1.81. The number of hydrogen-bond donors (Lipinski definition) is 1. The molecule has 1 atom stereocenters. The van der Waals surface area contributed by atoms with Gasteiger partial charge in [0.25, 0.3) is 3.79 Å². The van der Waals surface area contributed by atoms with Crippen LogP contribution in [0.15, 0.2) is 11.6 Å². The molecule has 0 spiro atoms. The molecule has 1 saturated heterocycles. The Labute approximate surface area is 128 Å². The molecule has 0 unspecified atom stereocenters. The van der Waals surface area contributed by atoms with Crippen molar-refractivity contribution < 1.29 is 14.2 Å². The summed E-state index contributed by atoms with van der Waals surface area (Å²) in [5.41, 5.74) is 1.07. The monoisotopic (exact) mass is 329 g/mol. The first-order valence-corrected chi connectivity index (χ1v) is 6.99. The maximum absolute atomic E-state index is 7.37. The van der Waals surface area contributed by atoms with E-state index in [1.165, 1.54) is 0 Å². The minimum Gasteiger partial charge on any atom is -0.474 e. The molecule has 0 aromatic heterocycles. The maximum atomic E-state index is 7.37. The van der Waals surface area contributed by atoms with E-state index in [2.05, 4.69) is 0 Å². The summed E-state index contributed by atoms with van der Waals surface area (Å²) in [6.07, 6.45) is 2.62. The van der Waals surface area contributed by atoms with Gasteiger partial charge >= 0.3 is 0 Å². The molecular formula is C12H18Cl3NO3. The Bertz CT molecular complexity index is 364. The fourth-order valence-electron chi connectivity index (χ4n) is 1.66. The molecule has 110 valence electrons. The number of nitrogens with one attached hydrogen (secondary N) is 1. The largest absolute Gasteiger partial charge is 0.474 e. The van der Waals surface area contributed by atoms with Crippen LogP contribution < -0.4 is 0 Å². The molecule has 0 amide bonds. The van der Waals surface area contributed by atoms with Crippen LogP contribution in [-0.4, -0.2) is 34.8 Å². The fourth-order valence-corrected chi connectivity index (χ4v) is 1.82. The Kier molecular flexibility index (Phi) is 5.96. The van der Waals surface area contributed by atoms with E-state index in [9.17, 15) is 0 Å². The molecule has 0 bridgehead atoms. The SMILES string of the molecule is C/C(=C\COC(=N)C(Cl)(Cl)Cl)C[C@H]1COC(C)(C)O1. The van der Waals surface area contributed by atoms with Crippen LogP contribution in [0.5, 0.6) is 0 Å². The number of hydrogen-bond acceptors (Lipinski definition) is 4. The summed E-state index contributed by atoms with van der Waals surface area (Å²) >= 11 is 16.5. The van der Waals surface area contributed by atoms with Crippen LogP contribution in [0.25, 0.3) is 0 Å². The fraction of sp³-hybridized carbons (Fsp3) is 0.750. The summed E-state index contributed by atoms with van der Waals surface area (Å²) in [6, 6.07) is 0. The lowest BCUT2D eigenvalue weighted by Gasteiger charge is -2.17. The summed E-state index contributed by atoms with van der Waals surface area (Å²) in [7, 11) is 0. The molecule has 19 heavy (non-hydrogen) atoms. The number of halogens is 3. The van der Waals surface area contributed by atoms with Gasteiger partial charge < -0.3 is 14.2 Å². The zero-order chi connectivity index (χ0) is 14.7. The number of alkyl halides is 3. The molecule has 1 fully saturated rings. The second-order valence-corrected chi connectivity index (χ2v) is 7.12. The van der Waals surface area contributed by atoms with E-state index in [0.717, 1.165) is 12.0 Å². The van der Waals surface area contributed by atoms with Crippen LogP contribution in [0.2, 0.25) is 0 Å². The molecular weight excluding hydrogens is 312 g/mol. The van der Waals surface area contributed by atoms with Crippen LogP contribution in [0.4, 0.5) is 0 Å². The van der Waals surface area contributed by atoms with E-state index in [-0.39, 0.29) is 18.6 Å². The van der Waals surface area contributed by atoms with E-state index in [4.69, 9.17) is 54.4 Å². The third kappa shape index (κ3) is 6.32. The predicted molar refractivity (Wildman–Crippen MR) is 77.2 cm³/mol. The summed E-state index contributed by atoms with van der Waals surface area (Å²) < 4.78 is 14.4. The van der Waals surface area contributed by atoms with Gasteiger partial charge in [-0.2, -0.15) is 0 Å². The van der Waals surface area contributed by atoms with Crippen LogP contribution in [0.3, 0.4) is 0 Å². The molecule has 0 aliphatic carbocycles. The van der Waals surface area contributed by atoms with Crippen molar-refractivity contribution >= 4 is 40.7 Å². The summed E-state index contributed by atoms with van der Waals surface area (Å²) in [4.78, 5) is 0. The van der Waals surface area contributed by atoms with E-state index in [1.54, 1.807) is 0 Å². The van der Waals surface area contributed by atoms with E-state index >= 15 is 0 Å². The van der Waals surface area contributed by atoms with Gasteiger partial charge in [0.2, 0.25) is 5.90 Å². The predicted octanol–water partition coefficient (Wildman–Crippen LogP) is 3.84. The van der Waals surface area contributed by atoms with Gasteiger partial charge in [-0.3, -0.25) is 5.41 Å². The molecule has 0 saturated carbocycles. The summed E-state index contributed by atoms with van der Waals surface area (Å²) in [5.74, 6) is -0.901. The van der Waals surface area contributed by atoms with Crippen LogP contribution >= 0.6 is 34.8 Å². The third-order valence-corrected chi connectivity index (χ3v) is 3.05. The molecule has 1 N–H and O–H groups in total. The Hall–Kier alpha value is -0.0000000000000000416. The van der Waals surface area contributed by atoms with Gasteiger partial charge in [-0.1, -0.05) is 40.4 Å². The highest BCUT2D eigenvalue weighted by Crippen LogP contribution is 2.28. The van der Waals surface area contributed by atoms with Gasteiger partial charge in [0.05, 0.1) is 12.7 Å². The average Bonchev–Trinajstić information content (AvgIpc) is 2.56. The Balaban J connectivity index is 2.32. The molecule has 7 heteroatoms. The van der Waals surface area contributed by atoms with Crippen LogP contribution in [0.1, 0.15) is 27.2 Å². The van der Waals surface area contributed by atoms with Crippen molar-refractivity contribution in [1.82, 2.24) is 0 Å². The molecule has 0 aromatic carbocycles. The smallest absolute Gasteiger partial charge is 0.265 e. The highest BCUT2D eigenvalue weighted by Gasteiger charge is 2.32.